The van der Waals surface area contributed by atoms with E-state index in [2.05, 4.69) is 6.92 Å². The fourth-order valence-electron chi connectivity index (χ4n) is 4.66. The molecule has 0 atom stereocenters. The van der Waals surface area contributed by atoms with E-state index in [0.717, 1.165) is 35.8 Å². The first-order valence-corrected chi connectivity index (χ1v) is 13.8. The van der Waals surface area contributed by atoms with Gasteiger partial charge in [-0.1, -0.05) is 92.7 Å². The highest BCUT2D eigenvalue weighted by Gasteiger charge is 2.10. The number of aryl methyl sites for hydroxylation is 4. The van der Waals surface area contributed by atoms with Crippen LogP contribution < -0.4 is 4.74 Å². The molecule has 0 spiro atoms. The predicted octanol–water partition coefficient (Wildman–Crippen LogP) is 9.69. The molecule has 4 aromatic carbocycles. The van der Waals surface area contributed by atoms with Crippen molar-refractivity contribution in [1.82, 2.24) is 0 Å². The second-order valence-electron chi connectivity index (χ2n) is 9.74. The minimum Gasteiger partial charge on any atom is -0.493 e. The van der Waals surface area contributed by atoms with E-state index in [9.17, 15) is 4.39 Å². The summed E-state index contributed by atoms with van der Waals surface area (Å²) in [6.45, 7) is 2.82. The monoisotopic (exact) mass is 520 g/mol. The summed E-state index contributed by atoms with van der Waals surface area (Å²) >= 11 is 5.95. The van der Waals surface area contributed by atoms with Gasteiger partial charge in [0.25, 0.3) is 0 Å². The van der Waals surface area contributed by atoms with Crippen LogP contribution in [0.25, 0.3) is 10.8 Å². The van der Waals surface area contributed by atoms with Gasteiger partial charge in [-0.2, -0.15) is 0 Å². The maximum Gasteiger partial charge on any atom is 0.134 e. The molecule has 0 aromatic heterocycles. The van der Waals surface area contributed by atoms with Gasteiger partial charge < -0.3 is 4.74 Å². The van der Waals surface area contributed by atoms with Gasteiger partial charge >= 0.3 is 0 Å². The third-order valence-corrected chi connectivity index (χ3v) is 7.17. The van der Waals surface area contributed by atoms with E-state index in [-0.39, 0.29) is 11.6 Å². The number of unbranched alkanes of at least 4 members (excludes halogenated alkanes) is 4. The maximum absolute atomic E-state index is 15.2. The summed E-state index contributed by atoms with van der Waals surface area (Å²) in [5.41, 5.74) is 3.57. The molecule has 0 radical (unpaired) electrons. The van der Waals surface area contributed by atoms with E-state index in [1.165, 1.54) is 25.3 Å². The number of halogens is 3. The fraction of sp³-hybridized carbons (Fsp3) is 0.333. The van der Waals surface area contributed by atoms with Crippen LogP contribution in [0.1, 0.15) is 61.3 Å². The molecule has 4 heteroatoms. The fourth-order valence-corrected chi connectivity index (χ4v) is 4.79. The number of fused-ring (bicyclic) bond motifs is 1. The molecule has 0 unspecified atom stereocenters. The van der Waals surface area contributed by atoms with Crippen LogP contribution in [0.2, 0.25) is 5.02 Å². The molecule has 0 aliphatic rings. The standard InChI is InChI=1S/C33H35ClF2O/c1-2-3-4-5-6-21-37-30-19-16-26(32(35)23-30)12-8-25-11-20-31-28(22-25)15-14-27(33(31)36)13-7-24-9-17-29(34)18-10-24/h9-11,14-20,22-23H,2-8,12-13,21H2,1H3. The Balaban J connectivity index is 1.32. The number of hydrogen-bond acceptors (Lipinski definition) is 1. The Hall–Kier alpha value is -2.91. The van der Waals surface area contributed by atoms with Gasteiger partial charge in [0.2, 0.25) is 0 Å². The van der Waals surface area contributed by atoms with Gasteiger partial charge in [0.1, 0.15) is 17.4 Å². The molecular weight excluding hydrogens is 486 g/mol. The van der Waals surface area contributed by atoms with Gasteiger partial charge in [-0.25, -0.2) is 8.78 Å². The van der Waals surface area contributed by atoms with Crippen molar-refractivity contribution >= 4 is 22.4 Å². The third kappa shape index (κ3) is 7.79. The van der Waals surface area contributed by atoms with Crippen molar-refractivity contribution in [2.24, 2.45) is 0 Å². The third-order valence-electron chi connectivity index (χ3n) is 6.92. The maximum atomic E-state index is 15.2. The minimum absolute atomic E-state index is 0.162. The Labute approximate surface area is 224 Å². The van der Waals surface area contributed by atoms with Crippen LogP contribution in [0.4, 0.5) is 8.78 Å². The number of benzene rings is 4. The van der Waals surface area contributed by atoms with Crippen LogP contribution in [0.3, 0.4) is 0 Å². The van der Waals surface area contributed by atoms with Crippen LogP contribution in [-0.4, -0.2) is 6.61 Å². The lowest BCUT2D eigenvalue weighted by molar-refractivity contribution is 0.303. The van der Waals surface area contributed by atoms with Gasteiger partial charge in [-0.3, -0.25) is 0 Å². The highest BCUT2D eigenvalue weighted by atomic mass is 35.5. The predicted molar refractivity (Wildman–Crippen MR) is 151 cm³/mol. The van der Waals surface area contributed by atoms with Crippen LogP contribution >= 0.6 is 11.6 Å². The molecule has 0 N–H and O–H groups in total. The lowest BCUT2D eigenvalue weighted by Gasteiger charge is -2.10. The quantitative estimate of drug-likeness (QED) is 0.159. The summed E-state index contributed by atoms with van der Waals surface area (Å²) in [4.78, 5) is 0. The van der Waals surface area contributed by atoms with Crippen molar-refractivity contribution in [2.75, 3.05) is 6.61 Å². The molecule has 0 aliphatic carbocycles. The molecule has 0 saturated carbocycles. The highest BCUT2D eigenvalue weighted by Crippen LogP contribution is 2.25. The van der Waals surface area contributed by atoms with Gasteiger partial charge in [-0.05, 0) is 77.9 Å². The average molecular weight is 521 g/mol. The largest absolute Gasteiger partial charge is 0.493 e. The first-order chi connectivity index (χ1) is 18.0. The van der Waals surface area contributed by atoms with E-state index in [1.54, 1.807) is 0 Å². The van der Waals surface area contributed by atoms with Crippen molar-refractivity contribution in [2.45, 2.75) is 64.7 Å². The number of rotatable bonds is 13. The molecule has 4 aromatic rings. The molecule has 0 heterocycles. The number of hydrogen-bond donors (Lipinski definition) is 0. The van der Waals surface area contributed by atoms with Crippen molar-refractivity contribution in [3.63, 3.8) is 0 Å². The molecule has 0 saturated heterocycles. The van der Waals surface area contributed by atoms with Crippen molar-refractivity contribution in [3.05, 3.63) is 112 Å². The van der Waals surface area contributed by atoms with E-state index in [4.69, 9.17) is 16.3 Å². The molecule has 194 valence electrons. The molecule has 0 bridgehead atoms. The van der Waals surface area contributed by atoms with E-state index in [1.807, 2.05) is 66.7 Å². The van der Waals surface area contributed by atoms with Gasteiger partial charge in [0.05, 0.1) is 6.61 Å². The summed E-state index contributed by atoms with van der Waals surface area (Å²) in [5.74, 6) is 0.190. The highest BCUT2D eigenvalue weighted by molar-refractivity contribution is 6.30. The van der Waals surface area contributed by atoms with Gasteiger partial charge in [0.15, 0.2) is 0 Å². The first-order valence-electron chi connectivity index (χ1n) is 13.4. The number of ether oxygens (including phenoxy) is 1. The Kier molecular flexibility index (Phi) is 9.96. The Morgan fingerprint density at radius 1 is 0.676 bits per heavy atom. The molecule has 0 amide bonds. The lowest BCUT2D eigenvalue weighted by atomic mass is 9.97. The van der Waals surface area contributed by atoms with Crippen molar-refractivity contribution in [1.29, 1.82) is 0 Å². The second kappa shape index (κ2) is 13.6. The molecule has 0 aliphatic heterocycles. The molecular formula is C33H35ClF2O. The van der Waals surface area contributed by atoms with Gasteiger partial charge in [-0.15, -0.1) is 0 Å². The zero-order valence-electron chi connectivity index (χ0n) is 21.5. The normalized spacial score (nSPS) is 11.2. The van der Waals surface area contributed by atoms with Crippen LogP contribution in [-0.2, 0) is 25.7 Å². The van der Waals surface area contributed by atoms with Crippen LogP contribution in [0.15, 0.2) is 72.8 Å². The minimum atomic E-state index is -0.236. The SMILES string of the molecule is CCCCCCCOc1ccc(CCc2ccc3c(F)c(CCc4ccc(Cl)cc4)ccc3c2)c(F)c1. The van der Waals surface area contributed by atoms with Crippen molar-refractivity contribution in [3.8, 4) is 5.75 Å². The summed E-state index contributed by atoms with van der Waals surface area (Å²) in [6.07, 6.45) is 8.48. The Morgan fingerprint density at radius 2 is 1.38 bits per heavy atom. The average Bonchev–Trinajstić information content (AvgIpc) is 2.90. The summed E-state index contributed by atoms with van der Waals surface area (Å²) in [6, 6.07) is 22.5. The first kappa shape index (κ1) is 27.1. The zero-order chi connectivity index (χ0) is 26.0. The van der Waals surface area contributed by atoms with E-state index in [0.29, 0.717) is 53.2 Å². The van der Waals surface area contributed by atoms with Crippen molar-refractivity contribution < 1.29 is 13.5 Å². The van der Waals surface area contributed by atoms with Crippen LogP contribution in [0, 0.1) is 11.6 Å². The summed E-state index contributed by atoms with van der Waals surface area (Å²) < 4.78 is 35.6. The Morgan fingerprint density at radius 3 is 2.16 bits per heavy atom. The van der Waals surface area contributed by atoms with E-state index >= 15 is 4.39 Å². The molecule has 37 heavy (non-hydrogen) atoms. The van der Waals surface area contributed by atoms with E-state index < -0.39 is 0 Å². The summed E-state index contributed by atoms with van der Waals surface area (Å²) in [7, 11) is 0. The van der Waals surface area contributed by atoms with Gasteiger partial charge in [0, 0.05) is 16.5 Å². The molecule has 4 rings (SSSR count). The van der Waals surface area contributed by atoms with Crippen LogP contribution in [0.5, 0.6) is 5.75 Å². The molecule has 0 fully saturated rings. The smallest absolute Gasteiger partial charge is 0.134 e. The lowest BCUT2D eigenvalue weighted by Crippen LogP contribution is -2.00. The zero-order valence-corrected chi connectivity index (χ0v) is 22.3. The second-order valence-corrected chi connectivity index (χ2v) is 10.2. The summed E-state index contributed by atoms with van der Waals surface area (Å²) in [5, 5.41) is 2.20. The topological polar surface area (TPSA) is 9.23 Å². The Bertz CT molecular complexity index is 1300. The molecule has 1 nitrogen and oxygen atoms in total.